The van der Waals surface area contributed by atoms with E-state index in [9.17, 15) is 0 Å². The van der Waals surface area contributed by atoms with E-state index < -0.39 is 0 Å². The predicted octanol–water partition coefficient (Wildman–Crippen LogP) is 1.81. The molecule has 0 amide bonds. The van der Waals surface area contributed by atoms with Crippen LogP contribution in [0.3, 0.4) is 0 Å². The van der Waals surface area contributed by atoms with E-state index in [1.165, 1.54) is 5.56 Å². The van der Waals surface area contributed by atoms with Gasteiger partial charge in [0.1, 0.15) is 0 Å². The van der Waals surface area contributed by atoms with E-state index >= 15 is 0 Å². The van der Waals surface area contributed by atoms with Crippen molar-refractivity contribution in [2.45, 2.75) is 46.3 Å². The highest BCUT2D eigenvalue weighted by Gasteiger charge is 2.12. The summed E-state index contributed by atoms with van der Waals surface area (Å²) in [6.45, 7) is 11.7. The maximum atomic E-state index is 4.27. The summed E-state index contributed by atoms with van der Waals surface area (Å²) in [5, 5.41) is 6.72. The molecule has 0 aliphatic heterocycles. The molecule has 0 spiro atoms. The number of hydrogen-bond donors (Lipinski definition) is 2. The Balaban J connectivity index is 2.34. The Kier molecular flexibility index (Phi) is 7.29. The van der Waals surface area contributed by atoms with Crippen LogP contribution in [0.2, 0.25) is 0 Å². The lowest BCUT2D eigenvalue weighted by atomic mass is 10.2. The average Bonchev–Trinajstić information content (AvgIpc) is 2.82. The first-order valence-electron chi connectivity index (χ1n) is 7.75. The highest BCUT2D eigenvalue weighted by Crippen LogP contribution is 2.03. The summed E-state index contributed by atoms with van der Waals surface area (Å²) in [6.07, 6.45) is 4.16. The molecule has 0 aliphatic carbocycles. The van der Waals surface area contributed by atoms with E-state index in [1.54, 1.807) is 0 Å². The van der Waals surface area contributed by atoms with Gasteiger partial charge in [-0.05, 0) is 39.3 Å². The zero-order chi connectivity index (χ0) is 15.8. The number of guanidine groups is 1. The van der Waals surface area contributed by atoms with Crippen LogP contribution in [0, 0.1) is 0 Å². The lowest BCUT2D eigenvalue weighted by molar-refractivity contribution is 0.178. The van der Waals surface area contributed by atoms with Gasteiger partial charge in [-0.15, -0.1) is 0 Å². The molecule has 2 N–H and O–H groups in total. The summed E-state index contributed by atoms with van der Waals surface area (Å²) in [5.41, 5.74) is 1.26. The minimum atomic E-state index is 0.561. The van der Waals surface area contributed by atoms with Gasteiger partial charge in [-0.1, -0.05) is 0 Å². The third kappa shape index (κ3) is 6.21. The van der Waals surface area contributed by atoms with Crippen LogP contribution in [0.5, 0.6) is 0 Å². The molecule has 120 valence electrons. The molecule has 1 rings (SSSR count). The van der Waals surface area contributed by atoms with Gasteiger partial charge in [-0.3, -0.25) is 9.89 Å². The smallest absolute Gasteiger partial charge is 0.191 e. The van der Waals surface area contributed by atoms with Gasteiger partial charge < -0.3 is 15.2 Å². The second kappa shape index (κ2) is 8.72. The van der Waals surface area contributed by atoms with E-state index in [0.717, 1.165) is 25.6 Å². The molecule has 1 heterocycles. The Labute approximate surface area is 129 Å². The van der Waals surface area contributed by atoms with Gasteiger partial charge >= 0.3 is 0 Å². The molecule has 0 aromatic carbocycles. The van der Waals surface area contributed by atoms with Crippen molar-refractivity contribution in [2.24, 2.45) is 12.0 Å². The van der Waals surface area contributed by atoms with Gasteiger partial charge in [0.25, 0.3) is 0 Å². The molecule has 0 saturated carbocycles. The van der Waals surface area contributed by atoms with Crippen LogP contribution in [-0.2, 0) is 13.6 Å². The molecular weight excluding hydrogens is 262 g/mol. The Morgan fingerprint density at radius 3 is 2.38 bits per heavy atom. The van der Waals surface area contributed by atoms with Crippen LogP contribution in [0.15, 0.2) is 23.5 Å². The quantitative estimate of drug-likeness (QED) is 0.595. The van der Waals surface area contributed by atoms with Crippen LogP contribution in [0.1, 0.15) is 33.3 Å². The van der Waals surface area contributed by atoms with Crippen molar-refractivity contribution in [2.75, 3.05) is 20.1 Å². The van der Waals surface area contributed by atoms with Gasteiger partial charge in [-0.2, -0.15) is 0 Å². The first kappa shape index (κ1) is 17.6. The molecule has 1 aromatic heterocycles. The van der Waals surface area contributed by atoms with Crippen molar-refractivity contribution in [3.63, 3.8) is 0 Å². The van der Waals surface area contributed by atoms with Crippen LogP contribution < -0.4 is 10.6 Å². The molecule has 0 unspecified atom stereocenters. The molecule has 0 radical (unpaired) electrons. The van der Waals surface area contributed by atoms with Crippen molar-refractivity contribution in [1.82, 2.24) is 20.1 Å². The Hall–Kier alpha value is -1.49. The molecule has 5 nitrogen and oxygen atoms in total. The summed E-state index contributed by atoms with van der Waals surface area (Å²) >= 11 is 0. The van der Waals surface area contributed by atoms with Crippen molar-refractivity contribution < 1.29 is 0 Å². The van der Waals surface area contributed by atoms with Crippen LogP contribution in [0.4, 0.5) is 0 Å². The first-order valence-corrected chi connectivity index (χ1v) is 7.75. The second-order valence-electron chi connectivity index (χ2n) is 5.96. The molecule has 21 heavy (non-hydrogen) atoms. The monoisotopic (exact) mass is 293 g/mol. The topological polar surface area (TPSA) is 44.6 Å². The standard InChI is InChI=1S/C16H31N5/c1-13(2)21(14(3)4)10-8-18-16(17-5)19-11-15-7-9-20(6)12-15/h7,9,12-14H,8,10-11H2,1-6H3,(H2,17,18,19). The Morgan fingerprint density at radius 2 is 1.90 bits per heavy atom. The number of aryl methyl sites for hydroxylation is 1. The number of rotatable bonds is 7. The Morgan fingerprint density at radius 1 is 1.24 bits per heavy atom. The first-order chi connectivity index (χ1) is 9.93. The number of aromatic nitrogens is 1. The summed E-state index contributed by atoms with van der Waals surface area (Å²) < 4.78 is 2.05. The van der Waals surface area contributed by atoms with Gasteiger partial charge in [0.2, 0.25) is 0 Å². The maximum Gasteiger partial charge on any atom is 0.191 e. The highest BCUT2D eigenvalue weighted by molar-refractivity contribution is 5.79. The zero-order valence-corrected chi connectivity index (χ0v) is 14.3. The largest absolute Gasteiger partial charge is 0.357 e. The van der Waals surface area contributed by atoms with E-state index in [4.69, 9.17) is 0 Å². The van der Waals surface area contributed by atoms with Crippen LogP contribution in [-0.4, -0.2) is 47.6 Å². The summed E-state index contributed by atoms with van der Waals surface area (Å²) in [4.78, 5) is 6.74. The third-order valence-electron chi connectivity index (χ3n) is 3.57. The number of nitrogens with zero attached hydrogens (tertiary/aromatic N) is 3. The number of hydrogen-bond acceptors (Lipinski definition) is 2. The average molecular weight is 293 g/mol. The fourth-order valence-corrected chi connectivity index (χ4v) is 2.49. The van der Waals surface area contributed by atoms with Crippen molar-refractivity contribution >= 4 is 5.96 Å². The van der Waals surface area contributed by atoms with E-state index in [0.29, 0.717) is 12.1 Å². The van der Waals surface area contributed by atoms with Gasteiger partial charge in [0.05, 0.1) is 0 Å². The number of nitrogens with one attached hydrogen (secondary N) is 2. The lowest BCUT2D eigenvalue weighted by Gasteiger charge is -2.30. The molecule has 0 atom stereocenters. The molecule has 0 aliphatic rings. The van der Waals surface area contributed by atoms with E-state index in [-0.39, 0.29) is 0 Å². The van der Waals surface area contributed by atoms with Crippen LogP contribution >= 0.6 is 0 Å². The number of aliphatic imine (C=N–C) groups is 1. The summed E-state index contributed by atoms with van der Waals surface area (Å²) in [6, 6.07) is 3.23. The van der Waals surface area contributed by atoms with Gasteiger partial charge in [0, 0.05) is 58.2 Å². The predicted molar refractivity (Wildman–Crippen MR) is 90.6 cm³/mol. The SMILES string of the molecule is CN=C(NCCN(C(C)C)C(C)C)NCc1ccn(C)c1. The summed E-state index contributed by atoms with van der Waals surface area (Å²) in [5.74, 6) is 0.853. The van der Waals surface area contributed by atoms with E-state index in [1.807, 2.05) is 14.1 Å². The van der Waals surface area contributed by atoms with Crippen molar-refractivity contribution in [3.8, 4) is 0 Å². The molecular formula is C16H31N5. The Bertz CT molecular complexity index is 426. The van der Waals surface area contributed by atoms with Gasteiger partial charge in [0.15, 0.2) is 5.96 Å². The van der Waals surface area contributed by atoms with Crippen LogP contribution in [0.25, 0.3) is 0 Å². The maximum absolute atomic E-state index is 4.27. The normalized spacial score (nSPS) is 12.5. The second-order valence-corrected chi connectivity index (χ2v) is 5.96. The van der Waals surface area contributed by atoms with Gasteiger partial charge in [-0.25, -0.2) is 0 Å². The zero-order valence-electron chi connectivity index (χ0n) is 14.3. The third-order valence-corrected chi connectivity index (χ3v) is 3.57. The minimum Gasteiger partial charge on any atom is -0.357 e. The van der Waals surface area contributed by atoms with Crippen molar-refractivity contribution in [3.05, 3.63) is 24.0 Å². The molecule has 0 saturated heterocycles. The fraction of sp³-hybridized carbons (Fsp3) is 0.688. The molecule has 1 aromatic rings. The lowest BCUT2D eigenvalue weighted by Crippen LogP contribution is -2.45. The molecule has 0 bridgehead atoms. The highest BCUT2D eigenvalue weighted by atomic mass is 15.2. The van der Waals surface area contributed by atoms with Crippen molar-refractivity contribution in [1.29, 1.82) is 0 Å². The van der Waals surface area contributed by atoms with E-state index in [2.05, 4.69) is 71.2 Å². The molecule has 0 fully saturated rings. The summed E-state index contributed by atoms with van der Waals surface area (Å²) in [7, 11) is 3.84. The fourth-order valence-electron chi connectivity index (χ4n) is 2.49. The molecule has 5 heteroatoms. The minimum absolute atomic E-state index is 0.561.